The second-order valence-corrected chi connectivity index (χ2v) is 21.5. The van der Waals surface area contributed by atoms with Gasteiger partial charge < -0.3 is 40.6 Å². The molecule has 76 heavy (non-hydrogen) atoms. The number of benzene rings is 2. The summed E-state index contributed by atoms with van der Waals surface area (Å²) in [6, 6.07) is 22.5. The van der Waals surface area contributed by atoms with Crippen molar-refractivity contribution in [3.05, 3.63) is 136 Å². The number of β-amino-alcohol motifs (C(OH)–C–C–N with tert-alkyl or cyclic N) is 1. The SMILES string of the molecule is Cc1ncsc1-c1ccc(CNC(=O)[C@@H]2C[C@@H](O)CN2C(=O)[C@@H](NC(=O)COCCCn2cc(CNC(=O)N(c3ccc(-c4ccc(=O)n(C)c4)cc3)C3CCC(Nc4ccc(C#N)cn4)CC3)cn2)C(C)(C)C)cc1. The molecule has 5 amide bonds. The lowest BCUT2D eigenvalue weighted by atomic mass is 9.85. The molecule has 3 atom stereocenters. The summed E-state index contributed by atoms with van der Waals surface area (Å²) in [6.45, 7) is 8.34. The van der Waals surface area contributed by atoms with E-state index in [1.54, 1.807) is 59.9 Å². The van der Waals surface area contributed by atoms with Crippen molar-refractivity contribution in [3.63, 3.8) is 0 Å². The van der Waals surface area contributed by atoms with E-state index in [1.807, 2.05) is 92.8 Å². The van der Waals surface area contributed by atoms with Gasteiger partial charge in [0.25, 0.3) is 0 Å². The van der Waals surface area contributed by atoms with Crippen molar-refractivity contribution in [2.45, 2.75) is 116 Å². The molecule has 0 spiro atoms. The van der Waals surface area contributed by atoms with Crippen LogP contribution in [0.2, 0.25) is 0 Å². The summed E-state index contributed by atoms with van der Waals surface area (Å²) in [5.74, 6) is -0.614. The van der Waals surface area contributed by atoms with Crippen LogP contribution in [-0.2, 0) is 45.8 Å². The van der Waals surface area contributed by atoms with E-state index >= 15 is 0 Å². The van der Waals surface area contributed by atoms with Crippen LogP contribution < -0.4 is 31.7 Å². The number of anilines is 2. The summed E-state index contributed by atoms with van der Waals surface area (Å²) < 4.78 is 9.03. The highest BCUT2D eigenvalue weighted by atomic mass is 32.1. The lowest BCUT2D eigenvalue weighted by molar-refractivity contribution is -0.144. The largest absolute Gasteiger partial charge is 0.391 e. The smallest absolute Gasteiger partial charge is 0.322 e. The molecule has 20 heteroatoms. The molecule has 1 aliphatic carbocycles. The maximum atomic E-state index is 14.2. The Morgan fingerprint density at radius 1 is 0.895 bits per heavy atom. The predicted molar refractivity (Wildman–Crippen MR) is 290 cm³/mol. The topological polar surface area (TPSA) is 242 Å². The van der Waals surface area contributed by atoms with E-state index in [9.17, 15) is 29.1 Å². The third kappa shape index (κ3) is 13.9. The summed E-state index contributed by atoms with van der Waals surface area (Å²) in [5.41, 5.74) is 7.72. The van der Waals surface area contributed by atoms with Gasteiger partial charge in [0.05, 0.1) is 33.9 Å². The summed E-state index contributed by atoms with van der Waals surface area (Å²) >= 11 is 1.57. The number of nitrogens with one attached hydrogen (secondary N) is 4. The Kier molecular flexibility index (Phi) is 17.8. The monoisotopic (exact) mass is 1050 g/mol. The van der Waals surface area contributed by atoms with Crippen LogP contribution in [0.15, 0.2) is 108 Å². The number of nitriles is 1. The molecule has 0 radical (unpaired) electrons. The molecule has 398 valence electrons. The van der Waals surface area contributed by atoms with Gasteiger partial charge in [-0.2, -0.15) is 10.4 Å². The van der Waals surface area contributed by atoms with Gasteiger partial charge in [-0.05, 0) is 97.0 Å². The van der Waals surface area contributed by atoms with Crippen molar-refractivity contribution in [1.82, 2.24) is 45.2 Å². The molecule has 2 aromatic carbocycles. The third-order valence-electron chi connectivity index (χ3n) is 13.8. The van der Waals surface area contributed by atoms with Gasteiger partial charge in [-0.3, -0.25) is 28.8 Å². The average Bonchev–Trinajstić information content (AvgIpc) is 4.20. The highest BCUT2D eigenvalue weighted by Crippen LogP contribution is 2.32. The molecule has 4 aromatic heterocycles. The van der Waals surface area contributed by atoms with E-state index in [0.717, 1.165) is 69.8 Å². The van der Waals surface area contributed by atoms with E-state index in [0.29, 0.717) is 24.3 Å². The zero-order chi connectivity index (χ0) is 53.9. The Labute approximate surface area is 446 Å². The number of amides is 5. The number of urea groups is 1. The predicted octanol–water partition coefficient (Wildman–Crippen LogP) is 6.30. The van der Waals surface area contributed by atoms with Crippen molar-refractivity contribution < 1.29 is 29.0 Å². The maximum absolute atomic E-state index is 14.2. The van der Waals surface area contributed by atoms with E-state index in [1.165, 1.54) is 15.5 Å². The van der Waals surface area contributed by atoms with E-state index in [4.69, 9.17) is 10.00 Å². The van der Waals surface area contributed by atoms with E-state index in [-0.39, 0.29) is 68.9 Å². The minimum Gasteiger partial charge on any atom is -0.391 e. The Hall–Kier alpha value is -7.73. The van der Waals surface area contributed by atoms with Crippen molar-refractivity contribution in [2.75, 3.05) is 30.0 Å². The first-order valence-electron chi connectivity index (χ1n) is 25.6. The van der Waals surface area contributed by atoms with Crippen LogP contribution in [0.25, 0.3) is 21.6 Å². The number of carbonyl (C=O) groups excluding carboxylic acids is 4. The van der Waals surface area contributed by atoms with Crippen LogP contribution in [0.3, 0.4) is 0 Å². The van der Waals surface area contributed by atoms with Crippen molar-refractivity contribution >= 4 is 46.6 Å². The summed E-state index contributed by atoms with van der Waals surface area (Å²) in [7, 11) is 1.71. The van der Waals surface area contributed by atoms with Gasteiger partial charge in [0.2, 0.25) is 23.3 Å². The van der Waals surface area contributed by atoms with Crippen LogP contribution in [0.1, 0.15) is 81.7 Å². The van der Waals surface area contributed by atoms with Gasteiger partial charge in [0.1, 0.15) is 30.6 Å². The second-order valence-electron chi connectivity index (χ2n) is 20.6. The minimum atomic E-state index is -0.989. The standard InChI is InChI=1S/C56H66N12O7S/c1-36-51(76-35-61-36)41-10-7-37(8-11-41)27-59-53(72)47-25-46(69)33-67(47)54(73)52(56(2,3)4)64-49(70)34-75-24-6-23-66-31-39(30-62-66)29-60-55(74)68(44-17-12-40(13-18-44)42-14-22-50(71)65(5)32-42)45-19-15-43(16-20-45)63-48-21-9-38(26-57)28-58-48/h7-14,17-18,21-22,28,30-32,35,43,45-47,52,69H,6,15-16,19-20,23-25,27,29,33-34H2,1-5H3,(H,58,63)(H,59,72)(H,60,74)(H,64,70)/t43?,45?,46-,47+,52-/m1/s1. The Morgan fingerprint density at radius 3 is 2.29 bits per heavy atom. The average molecular weight is 1050 g/mol. The van der Waals surface area contributed by atoms with Gasteiger partial charge in [0, 0.05) is 94.2 Å². The molecular formula is C56H66N12O7S. The Morgan fingerprint density at radius 2 is 1.62 bits per heavy atom. The normalized spacial score (nSPS) is 17.8. The fourth-order valence-electron chi connectivity index (χ4n) is 9.67. The number of hydrogen-bond donors (Lipinski definition) is 5. The fraction of sp³-hybridized carbons (Fsp3) is 0.411. The molecule has 0 unspecified atom stereocenters. The third-order valence-corrected chi connectivity index (χ3v) is 14.8. The van der Waals surface area contributed by atoms with Crippen LogP contribution in [0.5, 0.6) is 0 Å². The number of aromatic nitrogens is 5. The molecule has 8 rings (SSSR count). The number of aliphatic hydroxyl groups excluding tert-OH is 1. The molecule has 2 aliphatic rings. The molecule has 1 saturated heterocycles. The van der Waals surface area contributed by atoms with Crippen molar-refractivity contribution in [3.8, 4) is 27.6 Å². The molecule has 0 bridgehead atoms. The highest BCUT2D eigenvalue weighted by molar-refractivity contribution is 7.13. The first-order chi connectivity index (χ1) is 36.5. The Bertz CT molecular complexity index is 3060. The van der Waals surface area contributed by atoms with Gasteiger partial charge in [0.15, 0.2) is 0 Å². The number of aryl methyl sites for hydroxylation is 3. The maximum Gasteiger partial charge on any atom is 0.322 e. The van der Waals surface area contributed by atoms with Gasteiger partial charge in [-0.25, -0.2) is 14.8 Å². The number of rotatable bonds is 19. The lowest BCUT2D eigenvalue weighted by Gasteiger charge is -2.37. The molecule has 19 nitrogen and oxygen atoms in total. The molecule has 1 saturated carbocycles. The minimum absolute atomic E-state index is 0.0319. The molecule has 2 fully saturated rings. The first kappa shape index (κ1) is 54.5. The lowest BCUT2D eigenvalue weighted by Crippen LogP contribution is -2.58. The van der Waals surface area contributed by atoms with Gasteiger partial charge in [-0.15, -0.1) is 11.3 Å². The molecule has 5 N–H and O–H groups in total. The molecule has 5 heterocycles. The second kappa shape index (κ2) is 24.7. The summed E-state index contributed by atoms with van der Waals surface area (Å²) in [5, 5.41) is 36.6. The van der Waals surface area contributed by atoms with Crippen LogP contribution in [0.4, 0.5) is 16.3 Å². The number of nitrogens with zero attached hydrogens (tertiary/aromatic N) is 8. The Balaban J connectivity index is 0.801. The molecule has 1 aliphatic heterocycles. The number of carbonyl (C=O) groups is 4. The fourth-order valence-corrected chi connectivity index (χ4v) is 10.5. The highest BCUT2D eigenvalue weighted by Gasteiger charge is 2.44. The van der Waals surface area contributed by atoms with E-state index in [2.05, 4.69) is 42.4 Å². The number of likely N-dealkylation sites (tertiary alicyclic amines) is 1. The first-order valence-corrected chi connectivity index (χ1v) is 26.5. The van der Waals surface area contributed by atoms with Crippen LogP contribution in [0, 0.1) is 23.7 Å². The number of aliphatic hydroxyl groups is 1. The van der Waals surface area contributed by atoms with Crippen LogP contribution in [-0.4, -0.2) is 108 Å². The molecular weight excluding hydrogens is 985 g/mol. The number of hydrogen-bond acceptors (Lipinski definition) is 13. The summed E-state index contributed by atoms with van der Waals surface area (Å²) in [6.07, 6.45) is 9.74. The zero-order valence-electron chi connectivity index (χ0n) is 43.6. The quantitative estimate of drug-likeness (QED) is 0.0562. The van der Waals surface area contributed by atoms with Gasteiger partial charge >= 0.3 is 6.03 Å². The summed E-state index contributed by atoms with van der Waals surface area (Å²) in [4.78, 5) is 80.1. The van der Waals surface area contributed by atoms with Crippen molar-refractivity contribution in [2.24, 2.45) is 12.5 Å². The number of ether oxygens (including phenoxy) is 1. The molecule has 6 aromatic rings. The van der Waals surface area contributed by atoms with E-state index < -0.39 is 35.4 Å². The number of thiazole rings is 1. The van der Waals surface area contributed by atoms with Crippen LogP contribution >= 0.6 is 11.3 Å². The zero-order valence-corrected chi connectivity index (χ0v) is 44.4. The van der Waals surface area contributed by atoms with Gasteiger partial charge in [-0.1, -0.05) is 57.2 Å². The van der Waals surface area contributed by atoms with Crippen molar-refractivity contribution in [1.29, 1.82) is 5.26 Å². The number of pyridine rings is 2.